The van der Waals surface area contributed by atoms with Crippen molar-refractivity contribution in [1.82, 2.24) is 9.55 Å². The molecule has 0 spiro atoms. The van der Waals surface area contributed by atoms with Gasteiger partial charge in [-0.3, -0.25) is 0 Å². The highest BCUT2D eigenvalue weighted by Gasteiger charge is 2.14. The van der Waals surface area contributed by atoms with E-state index < -0.39 is 11.6 Å². The van der Waals surface area contributed by atoms with Gasteiger partial charge in [-0.2, -0.15) is 0 Å². The van der Waals surface area contributed by atoms with Gasteiger partial charge in [0.1, 0.15) is 0 Å². The maximum atomic E-state index is 13.7. The molecule has 0 amide bonds. The van der Waals surface area contributed by atoms with Crippen LogP contribution >= 0.6 is 0 Å². The molecule has 4 nitrogen and oxygen atoms in total. The van der Waals surface area contributed by atoms with Crippen molar-refractivity contribution in [2.45, 2.75) is 19.9 Å². The third kappa shape index (κ3) is 2.96. The molecule has 108 valence electrons. The van der Waals surface area contributed by atoms with Gasteiger partial charge in [-0.05, 0) is 26.0 Å². The highest BCUT2D eigenvalue weighted by atomic mass is 19.2. The van der Waals surface area contributed by atoms with Crippen LogP contribution in [0.3, 0.4) is 0 Å². The van der Waals surface area contributed by atoms with Gasteiger partial charge in [-0.15, -0.1) is 0 Å². The number of hydrogen-bond acceptors (Lipinski definition) is 3. The number of imidazole rings is 1. The molecule has 0 saturated carbocycles. The van der Waals surface area contributed by atoms with Crippen molar-refractivity contribution >= 4 is 11.6 Å². The highest BCUT2D eigenvalue weighted by molar-refractivity contribution is 5.55. The van der Waals surface area contributed by atoms with Crippen molar-refractivity contribution in [3.8, 4) is 0 Å². The molecule has 0 fully saturated rings. The van der Waals surface area contributed by atoms with E-state index in [0.717, 1.165) is 11.8 Å². The normalized spacial score (nSPS) is 12.4. The first kappa shape index (κ1) is 14.5. The Morgan fingerprint density at radius 1 is 1.40 bits per heavy atom. The Morgan fingerprint density at radius 3 is 2.85 bits per heavy atom. The average Bonchev–Trinajstić information content (AvgIpc) is 2.76. The first-order valence-corrected chi connectivity index (χ1v) is 6.28. The summed E-state index contributed by atoms with van der Waals surface area (Å²) in [5.41, 5.74) is 0.841. The number of aryl methyl sites for hydroxylation is 1. The molecule has 1 aromatic heterocycles. The minimum Gasteiger partial charge on any atom is -0.383 e. The predicted octanol–water partition coefficient (Wildman–Crippen LogP) is 3.42. The van der Waals surface area contributed by atoms with Gasteiger partial charge in [-0.1, -0.05) is 6.07 Å². The number of aromatic nitrogens is 2. The molecule has 0 bridgehead atoms. The summed E-state index contributed by atoms with van der Waals surface area (Å²) in [5.74, 6) is -1.36. The largest absolute Gasteiger partial charge is 0.383 e. The summed E-state index contributed by atoms with van der Waals surface area (Å²) >= 11 is 0. The Hall–Kier alpha value is -1.95. The number of nitrogens with zero attached hydrogens (tertiary/aromatic N) is 2. The fraction of sp³-hybridized carbons (Fsp3) is 0.357. The molecule has 1 atom stereocenters. The van der Waals surface area contributed by atoms with Crippen LogP contribution in [-0.4, -0.2) is 23.3 Å². The first-order valence-electron chi connectivity index (χ1n) is 6.28. The third-order valence-electron chi connectivity index (χ3n) is 2.93. The maximum Gasteiger partial charge on any atom is 0.207 e. The second-order valence-electron chi connectivity index (χ2n) is 4.64. The van der Waals surface area contributed by atoms with Crippen molar-refractivity contribution in [2.75, 3.05) is 19.0 Å². The van der Waals surface area contributed by atoms with Gasteiger partial charge in [0, 0.05) is 13.3 Å². The third-order valence-corrected chi connectivity index (χ3v) is 2.93. The number of ether oxygens (including phenoxy) is 1. The zero-order valence-electron chi connectivity index (χ0n) is 11.7. The van der Waals surface area contributed by atoms with Gasteiger partial charge in [-0.25, -0.2) is 13.8 Å². The lowest BCUT2D eigenvalue weighted by atomic mass is 10.3. The van der Waals surface area contributed by atoms with Crippen LogP contribution in [0.15, 0.2) is 24.4 Å². The van der Waals surface area contributed by atoms with Crippen LogP contribution in [0.1, 0.15) is 18.7 Å². The van der Waals surface area contributed by atoms with Crippen molar-refractivity contribution in [1.29, 1.82) is 0 Å². The average molecular weight is 281 g/mol. The summed E-state index contributed by atoms with van der Waals surface area (Å²) in [7, 11) is 1.61. The monoisotopic (exact) mass is 281 g/mol. The van der Waals surface area contributed by atoms with E-state index in [1.807, 2.05) is 24.6 Å². The quantitative estimate of drug-likeness (QED) is 0.912. The van der Waals surface area contributed by atoms with Crippen LogP contribution in [-0.2, 0) is 4.74 Å². The zero-order valence-corrected chi connectivity index (χ0v) is 11.7. The van der Waals surface area contributed by atoms with Crippen molar-refractivity contribution in [2.24, 2.45) is 0 Å². The van der Waals surface area contributed by atoms with E-state index in [9.17, 15) is 8.78 Å². The molecule has 0 aliphatic carbocycles. The van der Waals surface area contributed by atoms with Crippen LogP contribution in [0.5, 0.6) is 0 Å². The van der Waals surface area contributed by atoms with Gasteiger partial charge in [0.2, 0.25) is 5.95 Å². The second kappa shape index (κ2) is 6.00. The molecule has 1 aromatic carbocycles. The fourth-order valence-corrected chi connectivity index (χ4v) is 1.99. The Morgan fingerprint density at radius 2 is 2.15 bits per heavy atom. The SMILES string of the molecule is COCC(C)n1cc(C)nc1Nc1cccc(F)c1F. The zero-order chi connectivity index (χ0) is 14.7. The number of rotatable bonds is 5. The van der Waals surface area contributed by atoms with Crippen LogP contribution in [0.25, 0.3) is 0 Å². The van der Waals surface area contributed by atoms with Crippen LogP contribution in [0.4, 0.5) is 20.4 Å². The van der Waals surface area contributed by atoms with Crippen LogP contribution in [0, 0.1) is 18.6 Å². The molecule has 0 saturated heterocycles. The number of halogens is 2. The van der Waals surface area contributed by atoms with E-state index in [-0.39, 0.29) is 11.7 Å². The second-order valence-corrected chi connectivity index (χ2v) is 4.64. The maximum absolute atomic E-state index is 13.7. The van der Waals surface area contributed by atoms with Crippen molar-refractivity contribution in [3.63, 3.8) is 0 Å². The Balaban J connectivity index is 2.31. The predicted molar refractivity (Wildman–Crippen MR) is 73.2 cm³/mol. The number of benzene rings is 1. The Labute approximate surface area is 116 Å². The molecule has 0 aliphatic rings. The van der Waals surface area contributed by atoms with Gasteiger partial charge in [0.25, 0.3) is 0 Å². The summed E-state index contributed by atoms with van der Waals surface area (Å²) in [6.45, 7) is 4.29. The summed E-state index contributed by atoms with van der Waals surface area (Å²) < 4.78 is 33.8. The van der Waals surface area contributed by atoms with E-state index in [2.05, 4.69) is 10.3 Å². The summed E-state index contributed by atoms with van der Waals surface area (Å²) in [4.78, 5) is 4.29. The summed E-state index contributed by atoms with van der Waals surface area (Å²) in [6.07, 6.45) is 1.84. The minimum atomic E-state index is -0.918. The molecule has 0 radical (unpaired) electrons. The molecule has 2 aromatic rings. The molecule has 0 aliphatic heterocycles. The van der Waals surface area contributed by atoms with Gasteiger partial charge < -0.3 is 14.6 Å². The molecule has 1 heterocycles. The molecule has 20 heavy (non-hydrogen) atoms. The lowest BCUT2D eigenvalue weighted by Crippen LogP contribution is -2.13. The Bertz CT molecular complexity index is 598. The number of hydrogen-bond donors (Lipinski definition) is 1. The lowest BCUT2D eigenvalue weighted by Gasteiger charge is -2.16. The number of nitrogens with one attached hydrogen (secondary N) is 1. The van der Waals surface area contributed by atoms with E-state index in [4.69, 9.17) is 4.74 Å². The first-order chi connectivity index (χ1) is 9.52. The molecule has 1 unspecified atom stereocenters. The topological polar surface area (TPSA) is 39.1 Å². The van der Waals surface area contributed by atoms with Gasteiger partial charge in [0.05, 0.1) is 24.0 Å². The smallest absolute Gasteiger partial charge is 0.207 e. The molecule has 1 N–H and O–H groups in total. The minimum absolute atomic E-state index is 0.0281. The fourth-order valence-electron chi connectivity index (χ4n) is 1.99. The summed E-state index contributed by atoms with van der Waals surface area (Å²) in [6, 6.07) is 4.01. The van der Waals surface area contributed by atoms with Crippen molar-refractivity contribution < 1.29 is 13.5 Å². The lowest BCUT2D eigenvalue weighted by molar-refractivity contribution is 0.163. The van der Waals surface area contributed by atoms with E-state index in [1.165, 1.54) is 12.1 Å². The van der Waals surface area contributed by atoms with Crippen molar-refractivity contribution in [3.05, 3.63) is 41.7 Å². The van der Waals surface area contributed by atoms with Gasteiger partial charge >= 0.3 is 0 Å². The summed E-state index contributed by atoms with van der Waals surface area (Å²) in [5, 5.41) is 2.82. The van der Waals surface area contributed by atoms with Crippen LogP contribution < -0.4 is 5.32 Å². The number of methoxy groups -OCH3 is 1. The molecular formula is C14H17F2N3O. The molecule has 6 heteroatoms. The van der Waals surface area contributed by atoms with E-state index in [0.29, 0.717) is 12.6 Å². The highest BCUT2D eigenvalue weighted by Crippen LogP contribution is 2.23. The Kier molecular flexibility index (Phi) is 4.34. The van der Waals surface area contributed by atoms with Crippen LogP contribution in [0.2, 0.25) is 0 Å². The molecular weight excluding hydrogens is 264 g/mol. The number of anilines is 2. The standard InChI is InChI=1S/C14H17F2N3O/c1-9-7-19(10(2)8-20-3)14(17-9)18-12-6-4-5-11(15)13(12)16/h4-7,10H,8H2,1-3H3,(H,17,18). The van der Waals surface area contributed by atoms with E-state index in [1.54, 1.807) is 7.11 Å². The van der Waals surface area contributed by atoms with Gasteiger partial charge in [0.15, 0.2) is 11.6 Å². The molecule has 2 rings (SSSR count). The van der Waals surface area contributed by atoms with E-state index >= 15 is 0 Å².